The number of hydrogen-bond acceptors (Lipinski definition) is 3. The predicted octanol–water partition coefficient (Wildman–Crippen LogP) is 0.407. The fourth-order valence-electron chi connectivity index (χ4n) is 2.07. The lowest BCUT2D eigenvalue weighted by Gasteiger charge is -2.27. The molecule has 1 rings (SSSR count). The van der Waals surface area contributed by atoms with Gasteiger partial charge in [0.1, 0.15) is 6.04 Å². The second-order valence-electron chi connectivity index (χ2n) is 6.05. The van der Waals surface area contributed by atoms with Crippen LogP contribution in [0.4, 0.5) is 4.79 Å². The number of carboxylic acids is 1. The number of carbonyl (C=O) groups is 3. The van der Waals surface area contributed by atoms with Crippen molar-refractivity contribution in [1.82, 2.24) is 15.5 Å². The van der Waals surface area contributed by atoms with E-state index in [1.54, 1.807) is 25.7 Å². The molecular weight excluding hydrogens is 262 g/mol. The SMILES string of the molecule is CC(C)(C)C(NC(=O)NCC(=O)N1CCCC1)C(=O)O. The van der Waals surface area contributed by atoms with Crippen molar-refractivity contribution >= 4 is 17.9 Å². The lowest BCUT2D eigenvalue weighted by Crippen LogP contribution is -2.53. The molecule has 1 fully saturated rings. The Morgan fingerprint density at radius 1 is 1.20 bits per heavy atom. The molecule has 0 aromatic carbocycles. The highest BCUT2D eigenvalue weighted by Gasteiger charge is 2.32. The van der Waals surface area contributed by atoms with E-state index in [0.717, 1.165) is 25.9 Å². The number of nitrogens with one attached hydrogen (secondary N) is 2. The Morgan fingerprint density at radius 3 is 2.20 bits per heavy atom. The fourth-order valence-corrected chi connectivity index (χ4v) is 2.07. The van der Waals surface area contributed by atoms with Gasteiger partial charge in [0.2, 0.25) is 5.91 Å². The molecule has 1 atom stereocenters. The van der Waals surface area contributed by atoms with E-state index >= 15 is 0 Å². The van der Waals surface area contributed by atoms with Crippen LogP contribution in [-0.4, -0.2) is 53.6 Å². The zero-order valence-corrected chi connectivity index (χ0v) is 12.2. The van der Waals surface area contributed by atoms with Crippen LogP contribution in [0.3, 0.4) is 0 Å². The van der Waals surface area contributed by atoms with Crippen molar-refractivity contribution in [1.29, 1.82) is 0 Å². The topological polar surface area (TPSA) is 98.7 Å². The maximum absolute atomic E-state index is 11.7. The number of likely N-dealkylation sites (tertiary alicyclic amines) is 1. The van der Waals surface area contributed by atoms with Crippen LogP contribution >= 0.6 is 0 Å². The molecule has 1 aliphatic rings. The van der Waals surface area contributed by atoms with Crippen LogP contribution in [0.15, 0.2) is 0 Å². The monoisotopic (exact) mass is 285 g/mol. The van der Waals surface area contributed by atoms with Gasteiger partial charge in [0.25, 0.3) is 0 Å². The number of carbonyl (C=O) groups excluding carboxylic acids is 2. The summed E-state index contributed by atoms with van der Waals surface area (Å²) >= 11 is 0. The van der Waals surface area contributed by atoms with Crippen LogP contribution in [0.5, 0.6) is 0 Å². The van der Waals surface area contributed by atoms with Gasteiger partial charge in [0, 0.05) is 13.1 Å². The van der Waals surface area contributed by atoms with E-state index in [0.29, 0.717) is 0 Å². The van der Waals surface area contributed by atoms with E-state index in [1.165, 1.54) is 0 Å². The summed E-state index contributed by atoms with van der Waals surface area (Å²) in [6.07, 6.45) is 1.98. The predicted molar refractivity (Wildman–Crippen MR) is 73.2 cm³/mol. The minimum absolute atomic E-state index is 0.109. The van der Waals surface area contributed by atoms with Crippen molar-refractivity contribution in [3.8, 4) is 0 Å². The Morgan fingerprint density at radius 2 is 1.75 bits per heavy atom. The highest BCUT2D eigenvalue weighted by atomic mass is 16.4. The number of urea groups is 1. The minimum Gasteiger partial charge on any atom is -0.480 e. The summed E-state index contributed by atoms with van der Waals surface area (Å²) in [5.41, 5.74) is -0.609. The van der Waals surface area contributed by atoms with E-state index in [-0.39, 0.29) is 12.5 Å². The van der Waals surface area contributed by atoms with Crippen molar-refractivity contribution in [2.45, 2.75) is 39.7 Å². The summed E-state index contributed by atoms with van der Waals surface area (Å²) in [6, 6.07) is -1.65. The second-order valence-corrected chi connectivity index (χ2v) is 6.05. The highest BCUT2D eigenvalue weighted by molar-refractivity contribution is 5.87. The van der Waals surface area contributed by atoms with Gasteiger partial charge < -0.3 is 20.6 Å². The fraction of sp³-hybridized carbons (Fsp3) is 0.769. The zero-order chi connectivity index (χ0) is 15.3. The Bertz CT molecular complexity index is 384. The summed E-state index contributed by atoms with van der Waals surface area (Å²) in [4.78, 5) is 36.2. The number of rotatable bonds is 4. The molecule has 1 aliphatic heterocycles. The standard InChI is InChI=1S/C13H23N3O4/c1-13(2,3)10(11(18)19)15-12(20)14-8-9(17)16-6-4-5-7-16/h10H,4-8H2,1-3H3,(H,18,19)(H2,14,15,20). The molecule has 0 aliphatic carbocycles. The van der Waals surface area contributed by atoms with Gasteiger partial charge in [-0.1, -0.05) is 20.8 Å². The molecule has 20 heavy (non-hydrogen) atoms. The molecule has 1 heterocycles. The van der Waals surface area contributed by atoms with Crippen LogP contribution in [0.1, 0.15) is 33.6 Å². The smallest absolute Gasteiger partial charge is 0.326 e. The molecule has 0 radical (unpaired) electrons. The lowest BCUT2D eigenvalue weighted by molar-refractivity contribution is -0.141. The maximum Gasteiger partial charge on any atom is 0.326 e. The third-order valence-electron chi connectivity index (χ3n) is 3.25. The normalized spacial score (nSPS) is 16.6. The lowest BCUT2D eigenvalue weighted by atomic mass is 9.87. The van der Waals surface area contributed by atoms with Crippen LogP contribution in [0.2, 0.25) is 0 Å². The molecule has 7 nitrogen and oxygen atoms in total. The van der Waals surface area contributed by atoms with Gasteiger partial charge in [0.05, 0.1) is 6.54 Å². The average molecular weight is 285 g/mol. The highest BCUT2D eigenvalue weighted by Crippen LogP contribution is 2.19. The molecule has 1 unspecified atom stereocenters. The number of nitrogens with zero attached hydrogens (tertiary/aromatic N) is 1. The summed E-state index contributed by atoms with van der Waals surface area (Å²) in [5, 5.41) is 13.9. The van der Waals surface area contributed by atoms with Crippen molar-refractivity contribution in [3.63, 3.8) is 0 Å². The Kier molecular flexibility index (Phi) is 5.35. The minimum atomic E-state index is -1.10. The zero-order valence-electron chi connectivity index (χ0n) is 12.2. The van der Waals surface area contributed by atoms with Crippen LogP contribution in [-0.2, 0) is 9.59 Å². The molecule has 0 aromatic rings. The van der Waals surface area contributed by atoms with E-state index in [4.69, 9.17) is 5.11 Å². The van der Waals surface area contributed by atoms with E-state index in [9.17, 15) is 14.4 Å². The molecule has 0 aromatic heterocycles. The number of aliphatic carboxylic acids is 1. The average Bonchev–Trinajstić information content (AvgIpc) is 2.84. The first kappa shape index (κ1) is 16.3. The molecular formula is C13H23N3O4. The molecule has 7 heteroatoms. The van der Waals surface area contributed by atoms with Gasteiger partial charge in [-0.25, -0.2) is 9.59 Å². The maximum atomic E-state index is 11.7. The van der Waals surface area contributed by atoms with Gasteiger partial charge in [-0.2, -0.15) is 0 Å². The molecule has 3 N–H and O–H groups in total. The first-order valence-electron chi connectivity index (χ1n) is 6.77. The molecule has 1 saturated heterocycles. The van der Waals surface area contributed by atoms with Crippen LogP contribution in [0.25, 0.3) is 0 Å². The van der Waals surface area contributed by atoms with Gasteiger partial charge in [0.15, 0.2) is 0 Å². The summed E-state index contributed by atoms with van der Waals surface area (Å²) in [5.74, 6) is -1.24. The quantitative estimate of drug-likeness (QED) is 0.696. The third-order valence-corrected chi connectivity index (χ3v) is 3.25. The molecule has 0 bridgehead atoms. The summed E-state index contributed by atoms with van der Waals surface area (Å²) < 4.78 is 0. The van der Waals surface area contributed by atoms with E-state index in [1.807, 2.05) is 0 Å². The van der Waals surface area contributed by atoms with Crippen LogP contribution in [0, 0.1) is 5.41 Å². The van der Waals surface area contributed by atoms with Gasteiger partial charge >= 0.3 is 12.0 Å². The molecule has 0 saturated carbocycles. The Balaban J connectivity index is 2.42. The van der Waals surface area contributed by atoms with E-state index < -0.39 is 23.5 Å². The Labute approximate surface area is 118 Å². The first-order chi connectivity index (χ1) is 9.21. The number of amides is 3. The van der Waals surface area contributed by atoms with Crippen LogP contribution < -0.4 is 10.6 Å². The van der Waals surface area contributed by atoms with Crippen molar-refractivity contribution < 1.29 is 19.5 Å². The van der Waals surface area contributed by atoms with Crippen molar-refractivity contribution in [2.75, 3.05) is 19.6 Å². The second kappa shape index (κ2) is 6.58. The number of carboxylic acid groups (broad SMARTS) is 1. The summed E-state index contributed by atoms with van der Waals surface area (Å²) in [6.45, 7) is 6.51. The number of hydrogen-bond donors (Lipinski definition) is 3. The molecule has 3 amide bonds. The Hall–Kier alpha value is -1.79. The van der Waals surface area contributed by atoms with Gasteiger partial charge in [-0.15, -0.1) is 0 Å². The van der Waals surface area contributed by atoms with Crippen molar-refractivity contribution in [2.24, 2.45) is 5.41 Å². The third kappa shape index (κ3) is 4.71. The van der Waals surface area contributed by atoms with Gasteiger partial charge in [-0.3, -0.25) is 4.79 Å². The van der Waals surface area contributed by atoms with Crippen molar-refractivity contribution in [3.05, 3.63) is 0 Å². The van der Waals surface area contributed by atoms with E-state index in [2.05, 4.69) is 10.6 Å². The molecule has 114 valence electrons. The summed E-state index contributed by atoms with van der Waals surface area (Å²) in [7, 11) is 0. The first-order valence-corrected chi connectivity index (χ1v) is 6.77. The molecule has 0 spiro atoms. The van der Waals surface area contributed by atoms with Gasteiger partial charge in [-0.05, 0) is 18.3 Å². The largest absolute Gasteiger partial charge is 0.480 e.